The molecule has 0 aliphatic carbocycles. The first-order chi connectivity index (χ1) is 7.36. The Morgan fingerprint density at radius 1 is 0.812 bits per heavy atom. The Morgan fingerprint density at radius 3 is 2.12 bits per heavy atom. The van der Waals surface area contributed by atoms with Crippen molar-refractivity contribution in [1.29, 1.82) is 0 Å². The van der Waals surface area contributed by atoms with Crippen molar-refractivity contribution in [2.24, 2.45) is 0 Å². The van der Waals surface area contributed by atoms with Crippen molar-refractivity contribution in [3.63, 3.8) is 0 Å². The summed E-state index contributed by atoms with van der Waals surface area (Å²) in [4.78, 5) is 0. The van der Waals surface area contributed by atoms with Crippen LogP contribution in [0.5, 0.6) is 5.75 Å². The molecule has 2 aromatic carbocycles. The van der Waals surface area contributed by atoms with Gasteiger partial charge < -0.3 is 6.53 Å². The van der Waals surface area contributed by atoms with Gasteiger partial charge >= 0.3 is 29.6 Å². The third kappa shape index (κ3) is 3.53. The van der Waals surface area contributed by atoms with Crippen LogP contribution in [-0.2, 0) is 0 Å². The van der Waals surface area contributed by atoms with Crippen LogP contribution in [0.1, 0.15) is 12.6 Å². The van der Waals surface area contributed by atoms with Crippen LogP contribution in [0.3, 0.4) is 0 Å². The first-order valence-corrected chi connectivity index (χ1v) is 4.87. The van der Waals surface area contributed by atoms with E-state index in [1.807, 2.05) is 60.7 Å². The van der Waals surface area contributed by atoms with Crippen LogP contribution in [0.15, 0.2) is 54.6 Å². The van der Waals surface area contributed by atoms with Crippen molar-refractivity contribution in [2.75, 3.05) is 0 Å². The maximum absolute atomic E-state index is 9.54. The Kier molecular flexibility index (Phi) is 5.33. The predicted octanol–water partition coefficient (Wildman–Crippen LogP) is 0.679. The fourth-order valence-corrected chi connectivity index (χ4v) is 1.38. The van der Waals surface area contributed by atoms with Crippen LogP contribution in [0.4, 0.5) is 0 Å². The van der Waals surface area contributed by atoms with Crippen molar-refractivity contribution in [3.8, 4) is 5.75 Å². The van der Waals surface area contributed by atoms with E-state index in [0.29, 0.717) is 5.75 Å². The van der Waals surface area contributed by atoms with Crippen molar-refractivity contribution < 1.29 is 36.1 Å². The molecule has 2 aromatic rings. The molecule has 2 heteroatoms. The summed E-state index contributed by atoms with van der Waals surface area (Å²) >= 11 is 0. The van der Waals surface area contributed by atoms with Gasteiger partial charge in [0, 0.05) is 5.56 Å². The van der Waals surface area contributed by atoms with E-state index in [1.165, 1.54) is 0 Å². The molecule has 0 saturated carbocycles. The van der Waals surface area contributed by atoms with Crippen molar-refractivity contribution >= 4 is 12.2 Å². The zero-order valence-electron chi connectivity index (χ0n) is 10.3. The van der Waals surface area contributed by atoms with Gasteiger partial charge in [0.25, 0.3) is 0 Å². The van der Waals surface area contributed by atoms with Gasteiger partial charge in [-0.05, 0) is 11.6 Å². The van der Waals surface area contributed by atoms with E-state index < -0.39 is 0 Å². The normalized spacial score (nSPS) is 10.0. The molecule has 0 heterocycles. The molecule has 1 N–H and O–H groups in total. The van der Waals surface area contributed by atoms with E-state index in [4.69, 9.17) is 0 Å². The molecule has 16 heavy (non-hydrogen) atoms. The average molecular weight is 220 g/mol. The van der Waals surface area contributed by atoms with Crippen LogP contribution in [0.2, 0.25) is 0 Å². The molecule has 0 bridgehead atoms. The maximum Gasteiger partial charge on any atom is 1.00 e. The molecule has 2 rings (SSSR count). The van der Waals surface area contributed by atoms with Crippen LogP contribution in [0.25, 0.3) is 12.2 Å². The molecule has 0 spiro atoms. The fraction of sp³-hybridized carbons (Fsp3) is 0. The summed E-state index contributed by atoms with van der Waals surface area (Å²) in [5.74, 6) is 0.310. The van der Waals surface area contributed by atoms with E-state index in [1.54, 1.807) is 6.07 Å². The molecule has 0 aliphatic heterocycles. The van der Waals surface area contributed by atoms with Gasteiger partial charge in [-0.2, -0.15) is 0 Å². The van der Waals surface area contributed by atoms with E-state index in [9.17, 15) is 5.11 Å². The van der Waals surface area contributed by atoms with Crippen molar-refractivity contribution in [2.45, 2.75) is 0 Å². The number of benzene rings is 2. The summed E-state index contributed by atoms with van der Waals surface area (Å²) in [5.41, 5.74) is 1.96. The quantitative estimate of drug-likeness (QED) is 0.583. The number of aromatic hydroxyl groups is 1. The SMILES string of the molecule is Oc1ccccc1/C=C/c1ccccc1.[H-].[Na+]. The molecular formula is C14H13NaO. The molecular weight excluding hydrogens is 207 g/mol. The third-order valence-corrected chi connectivity index (χ3v) is 2.19. The smallest absolute Gasteiger partial charge is 1.00 e. The Labute approximate surface area is 119 Å². The van der Waals surface area contributed by atoms with Gasteiger partial charge in [0.1, 0.15) is 5.75 Å². The molecule has 0 aliphatic rings. The molecule has 0 unspecified atom stereocenters. The van der Waals surface area contributed by atoms with Gasteiger partial charge in [0.15, 0.2) is 0 Å². The predicted molar refractivity (Wildman–Crippen MR) is 64.6 cm³/mol. The second-order valence-electron chi connectivity index (χ2n) is 3.30. The summed E-state index contributed by atoms with van der Waals surface area (Å²) in [5, 5.41) is 9.54. The Hall–Kier alpha value is -1.02. The molecule has 0 aromatic heterocycles. The van der Waals surface area contributed by atoms with Crippen LogP contribution in [-0.4, -0.2) is 5.11 Å². The summed E-state index contributed by atoms with van der Waals surface area (Å²) < 4.78 is 0. The fourth-order valence-electron chi connectivity index (χ4n) is 1.38. The van der Waals surface area contributed by atoms with E-state index in [-0.39, 0.29) is 31.0 Å². The first-order valence-electron chi connectivity index (χ1n) is 4.87. The molecule has 1 nitrogen and oxygen atoms in total. The third-order valence-electron chi connectivity index (χ3n) is 2.19. The monoisotopic (exact) mass is 220 g/mol. The topological polar surface area (TPSA) is 20.2 Å². The van der Waals surface area contributed by atoms with Crippen LogP contribution < -0.4 is 29.6 Å². The van der Waals surface area contributed by atoms with Gasteiger partial charge in [-0.1, -0.05) is 60.7 Å². The zero-order valence-corrected chi connectivity index (χ0v) is 11.3. The Bertz CT molecular complexity index is 469. The van der Waals surface area contributed by atoms with Crippen LogP contribution >= 0.6 is 0 Å². The average Bonchev–Trinajstić information content (AvgIpc) is 2.29. The Morgan fingerprint density at radius 2 is 1.44 bits per heavy atom. The molecule has 0 radical (unpaired) electrons. The molecule has 0 atom stereocenters. The standard InChI is InChI=1S/C14H12O.Na.H/c15-14-9-5-4-8-13(14)11-10-12-6-2-1-3-7-12;;/h1-11,15H;;/q;+1;-1/b11-10+;;. The van der Waals surface area contributed by atoms with E-state index >= 15 is 0 Å². The van der Waals surface area contributed by atoms with Gasteiger partial charge in [0.05, 0.1) is 0 Å². The number of phenolic OH excluding ortho intramolecular Hbond substituents is 1. The molecule has 0 saturated heterocycles. The minimum Gasteiger partial charge on any atom is -1.00 e. The minimum atomic E-state index is 0. The number of para-hydroxylation sites is 1. The molecule has 0 fully saturated rings. The van der Waals surface area contributed by atoms with Crippen LogP contribution in [0, 0.1) is 0 Å². The zero-order chi connectivity index (χ0) is 10.5. The number of hydrogen-bond acceptors (Lipinski definition) is 1. The summed E-state index contributed by atoms with van der Waals surface area (Å²) in [6.07, 6.45) is 3.89. The number of phenols is 1. The van der Waals surface area contributed by atoms with Gasteiger partial charge in [-0.3, -0.25) is 0 Å². The largest absolute Gasteiger partial charge is 1.00 e. The summed E-state index contributed by atoms with van der Waals surface area (Å²) in [6.45, 7) is 0. The summed E-state index contributed by atoms with van der Waals surface area (Å²) in [6, 6.07) is 17.3. The Balaban J connectivity index is 0.00000128. The number of rotatable bonds is 2. The van der Waals surface area contributed by atoms with E-state index in [2.05, 4.69) is 0 Å². The first kappa shape index (κ1) is 13.0. The number of hydrogen-bond donors (Lipinski definition) is 1. The maximum atomic E-state index is 9.54. The second-order valence-corrected chi connectivity index (χ2v) is 3.30. The van der Waals surface area contributed by atoms with Gasteiger partial charge in [-0.15, -0.1) is 0 Å². The molecule has 0 amide bonds. The van der Waals surface area contributed by atoms with Crippen molar-refractivity contribution in [1.82, 2.24) is 0 Å². The van der Waals surface area contributed by atoms with Gasteiger partial charge in [-0.25, -0.2) is 0 Å². The van der Waals surface area contributed by atoms with Crippen molar-refractivity contribution in [3.05, 3.63) is 65.7 Å². The van der Waals surface area contributed by atoms with Gasteiger partial charge in [0.2, 0.25) is 0 Å². The van der Waals surface area contributed by atoms with E-state index in [0.717, 1.165) is 11.1 Å². The molecule has 76 valence electrons. The second kappa shape index (κ2) is 6.54. The summed E-state index contributed by atoms with van der Waals surface area (Å²) in [7, 11) is 0. The minimum absolute atomic E-state index is 0.